The summed E-state index contributed by atoms with van der Waals surface area (Å²) in [4.78, 5) is 37.0. The quantitative estimate of drug-likeness (QED) is 0.193. The summed E-state index contributed by atoms with van der Waals surface area (Å²) >= 11 is 0. The lowest BCUT2D eigenvalue weighted by molar-refractivity contribution is -0.142. The zero-order valence-electron chi connectivity index (χ0n) is 22.1. The summed E-state index contributed by atoms with van der Waals surface area (Å²) in [7, 11) is 1.43. The molecule has 1 fully saturated rings. The first-order chi connectivity index (χ1) is 19.5. The fourth-order valence-electron chi connectivity index (χ4n) is 5.03. The van der Waals surface area contributed by atoms with Gasteiger partial charge in [-0.25, -0.2) is 0 Å². The molecule has 204 valence electrons. The van der Waals surface area contributed by atoms with Gasteiger partial charge < -0.3 is 19.8 Å². The first-order valence-corrected chi connectivity index (χ1v) is 13.3. The average molecular weight is 539 g/mol. The first kappa shape index (κ1) is 26.8. The molecule has 0 unspecified atom stereocenters. The van der Waals surface area contributed by atoms with Gasteiger partial charge in [0.25, 0.3) is 0 Å². The van der Waals surface area contributed by atoms with Gasteiger partial charge in [-0.15, -0.1) is 5.10 Å². The number of esters is 1. The Morgan fingerprint density at radius 2 is 1.57 bits per heavy atom. The molecule has 9 heteroatoms. The largest absolute Gasteiger partial charge is 0.469 e. The van der Waals surface area contributed by atoms with E-state index in [9.17, 15) is 14.4 Å². The van der Waals surface area contributed by atoms with Gasteiger partial charge in [0.15, 0.2) is 5.78 Å². The van der Waals surface area contributed by atoms with Crippen LogP contribution in [0.3, 0.4) is 0 Å². The third-order valence-corrected chi connectivity index (χ3v) is 7.20. The summed E-state index contributed by atoms with van der Waals surface area (Å²) < 4.78 is 10.3. The van der Waals surface area contributed by atoms with Crippen LogP contribution in [0.5, 0.6) is 0 Å². The van der Waals surface area contributed by atoms with Crippen LogP contribution in [0.25, 0.3) is 0 Å². The van der Waals surface area contributed by atoms with Crippen molar-refractivity contribution in [1.29, 1.82) is 0 Å². The molecule has 0 spiro atoms. The summed E-state index contributed by atoms with van der Waals surface area (Å²) in [5.74, 6) is -0.137. The van der Waals surface area contributed by atoms with Gasteiger partial charge in [-0.1, -0.05) is 59.7 Å². The summed E-state index contributed by atoms with van der Waals surface area (Å²) in [5, 5.41) is 13.5. The van der Waals surface area contributed by atoms with E-state index in [-0.39, 0.29) is 23.7 Å². The number of rotatable bonds is 9. The normalized spacial score (nSPS) is 16.6. The molecule has 4 aromatic rings. The number of hydrogen-bond acceptors (Lipinski definition) is 8. The van der Waals surface area contributed by atoms with Crippen molar-refractivity contribution in [2.45, 2.75) is 38.0 Å². The number of anilines is 3. The number of benzene rings is 3. The fourth-order valence-corrected chi connectivity index (χ4v) is 5.03. The van der Waals surface area contributed by atoms with Gasteiger partial charge in [0.1, 0.15) is 0 Å². The monoisotopic (exact) mass is 538 g/mol. The molecule has 9 nitrogen and oxygen atoms in total. The van der Waals surface area contributed by atoms with Crippen molar-refractivity contribution in [3.63, 3.8) is 0 Å². The molecule has 1 amide bonds. The first-order valence-electron chi connectivity index (χ1n) is 13.3. The highest BCUT2D eigenvalue weighted by molar-refractivity contribution is 6.09. The molecule has 1 heterocycles. The molecule has 1 aromatic heterocycles. The highest BCUT2D eigenvalue weighted by atomic mass is 16.5. The van der Waals surface area contributed by atoms with E-state index in [1.807, 2.05) is 42.5 Å². The molecule has 5 rings (SSSR count). The van der Waals surface area contributed by atoms with Crippen molar-refractivity contribution in [3.05, 3.63) is 101 Å². The van der Waals surface area contributed by atoms with Gasteiger partial charge in [0.05, 0.1) is 7.11 Å². The summed E-state index contributed by atoms with van der Waals surface area (Å²) in [6.45, 7) is 0. The van der Waals surface area contributed by atoms with Crippen molar-refractivity contribution in [3.8, 4) is 0 Å². The number of ketones is 1. The lowest BCUT2D eigenvalue weighted by Crippen LogP contribution is -2.17. The molecule has 40 heavy (non-hydrogen) atoms. The van der Waals surface area contributed by atoms with Crippen LogP contribution in [0.4, 0.5) is 17.4 Å². The molecule has 1 saturated carbocycles. The van der Waals surface area contributed by atoms with E-state index in [2.05, 4.69) is 20.8 Å². The average Bonchev–Trinajstić information content (AvgIpc) is 3.47. The van der Waals surface area contributed by atoms with Crippen LogP contribution in [0.2, 0.25) is 0 Å². The summed E-state index contributed by atoms with van der Waals surface area (Å²) in [6, 6.07) is 23.7. The predicted octanol–water partition coefficient (Wildman–Crippen LogP) is 6.13. The van der Waals surface area contributed by atoms with Crippen LogP contribution in [-0.2, 0) is 9.53 Å². The maximum Gasteiger partial charge on any atom is 0.320 e. The number of aromatic nitrogens is 2. The van der Waals surface area contributed by atoms with Crippen molar-refractivity contribution in [1.82, 2.24) is 10.2 Å². The summed E-state index contributed by atoms with van der Waals surface area (Å²) in [6.07, 6.45) is 4.53. The van der Waals surface area contributed by atoms with Crippen LogP contribution >= 0.6 is 0 Å². The van der Waals surface area contributed by atoms with E-state index in [4.69, 9.17) is 9.15 Å². The second kappa shape index (κ2) is 12.4. The third kappa shape index (κ3) is 6.61. The Morgan fingerprint density at radius 1 is 0.850 bits per heavy atom. The molecule has 0 radical (unpaired) electrons. The van der Waals surface area contributed by atoms with E-state index in [0.717, 1.165) is 25.7 Å². The number of nitrogens with zero attached hydrogens (tertiary/aromatic N) is 2. The van der Waals surface area contributed by atoms with Gasteiger partial charge >= 0.3 is 23.8 Å². The van der Waals surface area contributed by atoms with Gasteiger partial charge in [-0.3, -0.25) is 14.4 Å². The lowest BCUT2D eigenvalue weighted by Gasteiger charge is -2.28. The summed E-state index contributed by atoms with van der Waals surface area (Å²) in [5.41, 5.74) is 3.51. The van der Waals surface area contributed by atoms with Crippen LogP contribution in [0, 0.1) is 5.92 Å². The minimum Gasteiger partial charge on any atom is -0.469 e. The second-order valence-electron chi connectivity index (χ2n) is 9.89. The van der Waals surface area contributed by atoms with Gasteiger partial charge in [0.2, 0.25) is 0 Å². The topological polar surface area (TPSA) is 123 Å². The molecule has 1 aliphatic carbocycles. The minimum atomic E-state index is -0.523. The maximum absolute atomic E-state index is 12.7. The molecular formula is C31H30N4O5. The van der Waals surface area contributed by atoms with Crippen LogP contribution in [-0.4, -0.2) is 35.0 Å². The molecular weight excluding hydrogens is 508 g/mol. The van der Waals surface area contributed by atoms with Crippen LogP contribution in [0.15, 0.2) is 83.3 Å². The third-order valence-electron chi connectivity index (χ3n) is 7.20. The Balaban J connectivity index is 1.15. The minimum absolute atomic E-state index is 0.0348. The van der Waals surface area contributed by atoms with E-state index in [1.54, 1.807) is 36.4 Å². The predicted molar refractivity (Wildman–Crippen MR) is 150 cm³/mol. The highest BCUT2D eigenvalue weighted by Crippen LogP contribution is 2.37. The van der Waals surface area contributed by atoms with E-state index >= 15 is 0 Å². The Morgan fingerprint density at radius 3 is 2.30 bits per heavy atom. The molecule has 0 bridgehead atoms. The molecule has 2 N–H and O–H groups in total. The number of carbonyl (C=O) groups is 3. The zero-order chi connectivity index (χ0) is 27.9. The number of methoxy groups -OCH3 is 1. The van der Waals surface area contributed by atoms with Crippen LogP contribution < -0.4 is 10.6 Å². The molecule has 0 saturated heterocycles. The Bertz CT molecular complexity index is 1480. The van der Waals surface area contributed by atoms with Gasteiger partial charge in [0, 0.05) is 28.9 Å². The van der Waals surface area contributed by atoms with Gasteiger partial charge in [-0.2, -0.15) is 0 Å². The second-order valence-corrected chi connectivity index (χ2v) is 9.89. The number of hydrogen-bond donors (Lipinski definition) is 2. The van der Waals surface area contributed by atoms with Crippen molar-refractivity contribution in [2.24, 2.45) is 5.92 Å². The van der Waals surface area contributed by atoms with Crippen molar-refractivity contribution >= 4 is 35.0 Å². The van der Waals surface area contributed by atoms with Crippen molar-refractivity contribution in [2.75, 3.05) is 17.7 Å². The fraction of sp³-hybridized carbons (Fsp3) is 0.258. The van der Waals surface area contributed by atoms with Crippen molar-refractivity contribution < 1.29 is 23.5 Å². The molecule has 0 aliphatic heterocycles. The Kier molecular flexibility index (Phi) is 8.29. The molecule has 1 aliphatic rings. The highest BCUT2D eigenvalue weighted by Gasteiger charge is 2.24. The standard InChI is InChI=1S/C31H30N4O5/c1-39-27(36)18-20-10-12-21(13-11-20)22-14-16-25(17-15-22)32-29(38)30-34-35-31(40-30)33-26-9-5-8-24(19-26)28(37)23-6-3-2-4-7-23/h2-9,14-17,19-21H,10-13,18H2,1H3,(H,32,38)(H,33,35). The number of amides is 1. The van der Waals surface area contributed by atoms with E-state index < -0.39 is 5.91 Å². The number of ether oxygens (including phenoxy) is 1. The van der Waals surface area contributed by atoms with Crippen LogP contribution in [0.1, 0.15) is 70.2 Å². The Hall–Kier alpha value is -4.79. The zero-order valence-corrected chi connectivity index (χ0v) is 22.1. The molecule has 0 atom stereocenters. The Labute approximate surface area is 232 Å². The SMILES string of the molecule is COC(=O)CC1CCC(c2ccc(NC(=O)c3nnc(Nc4cccc(C(=O)c5ccccc5)c4)o3)cc2)CC1. The molecule has 3 aromatic carbocycles. The maximum atomic E-state index is 12.7. The number of nitrogens with one attached hydrogen (secondary N) is 2. The lowest BCUT2D eigenvalue weighted by atomic mass is 9.77. The number of carbonyl (C=O) groups excluding carboxylic acids is 3. The smallest absolute Gasteiger partial charge is 0.320 e. The van der Waals surface area contributed by atoms with E-state index in [0.29, 0.717) is 40.8 Å². The van der Waals surface area contributed by atoms with Gasteiger partial charge in [-0.05, 0) is 67.3 Å². The van der Waals surface area contributed by atoms with E-state index in [1.165, 1.54) is 12.7 Å².